The molecule has 0 saturated heterocycles. The van der Waals surface area contributed by atoms with Crippen LogP contribution in [-0.2, 0) is 6.54 Å². The van der Waals surface area contributed by atoms with Crippen LogP contribution in [0, 0.1) is 27.7 Å². The maximum atomic E-state index is 12.8. The van der Waals surface area contributed by atoms with Crippen LogP contribution in [0.4, 0.5) is 5.69 Å². The van der Waals surface area contributed by atoms with Crippen LogP contribution in [0.3, 0.4) is 0 Å². The summed E-state index contributed by atoms with van der Waals surface area (Å²) in [5.41, 5.74) is 5.88. The van der Waals surface area contributed by atoms with Gasteiger partial charge in [-0.3, -0.25) is 9.59 Å². The van der Waals surface area contributed by atoms with Crippen LogP contribution in [0.15, 0.2) is 35.1 Å². The summed E-state index contributed by atoms with van der Waals surface area (Å²) in [6.45, 7) is 10.3. The van der Waals surface area contributed by atoms with E-state index in [9.17, 15) is 9.59 Å². The van der Waals surface area contributed by atoms with Gasteiger partial charge in [0, 0.05) is 12.2 Å². The number of carbonyl (C=O) groups excluding carboxylic acids is 1. The first-order valence-corrected chi connectivity index (χ1v) is 8.71. The molecular formula is C21H23N3O2. The third kappa shape index (κ3) is 3.25. The topological polar surface area (TPSA) is 64.0 Å². The molecule has 26 heavy (non-hydrogen) atoms. The molecular weight excluding hydrogens is 326 g/mol. The van der Waals surface area contributed by atoms with Crippen LogP contribution in [0.1, 0.15) is 39.7 Å². The van der Waals surface area contributed by atoms with E-state index in [0.29, 0.717) is 17.7 Å². The number of benzene rings is 2. The van der Waals surface area contributed by atoms with Crippen LogP contribution in [0.25, 0.3) is 11.0 Å². The molecule has 0 saturated carbocycles. The summed E-state index contributed by atoms with van der Waals surface area (Å²) in [4.78, 5) is 29.9. The van der Waals surface area contributed by atoms with E-state index >= 15 is 0 Å². The van der Waals surface area contributed by atoms with Gasteiger partial charge >= 0.3 is 0 Å². The highest BCUT2D eigenvalue weighted by Crippen LogP contribution is 2.18. The van der Waals surface area contributed by atoms with Crippen molar-refractivity contribution in [1.82, 2.24) is 9.55 Å². The van der Waals surface area contributed by atoms with Crippen molar-refractivity contribution in [3.8, 4) is 0 Å². The first-order chi connectivity index (χ1) is 12.3. The van der Waals surface area contributed by atoms with Gasteiger partial charge < -0.3 is 9.88 Å². The second-order valence-corrected chi connectivity index (χ2v) is 6.77. The highest BCUT2D eigenvalue weighted by atomic mass is 16.2. The zero-order valence-electron chi connectivity index (χ0n) is 15.8. The van der Waals surface area contributed by atoms with E-state index in [1.54, 1.807) is 4.57 Å². The fourth-order valence-corrected chi connectivity index (χ4v) is 3.20. The van der Waals surface area contributed by atoms with Gasteiger partial charge in [0.05, 0.1) is 11.0 Å². The third-order valence-corrected chi connectivity index (χ3v) is 4.57. The molecule has 1 heterocycles. The van der Waals surface area contributed by atoms with Crippen molar-refractivity contribution < 1.29 is 4.79 Å². The smallest absolute Gasteiger partial charge is 0.282 e. The van der Waals surface area contributed by atoms with E-state index in [1.807, 2.05) is 65.0 Å². The second kappa shape index (κ2) is 6.75. The number of aromatic nitrogens is 2. The molecule has 134 valence electrons. The maximum Gasteiger partial charge on any atom is 0.282 e. The molecule has 5 heteroatoms. The monoisotopic (exact) mass is 349 g/mol. The Labute approximate surface area is 152 Å². The van der Waals surface area contributed by atoms with Crippen molar-refractivity contribution in [3.05, 3.63) is 68.6 Å². The molecule has 0 aliphatic rings. The Balaban J connectivity index is 2.12. The van der Waals surface area contributed by atoms with Crippen LogP contribution in [-0.4, -0.2) is 15.5 Å². The first kappa shape index (κ1) is 17.9. The predicted octanol–water partition coefficient (Wildman–Crippen LogP) is 3.90. The van der Waals surface area contributed by atoms with Gasteiger partial charge in [0.2, 0.25) is 0 Å². The normalized spacial score (nSPS) is 11.0. The van der Waals surface area contributed by atoms with Crippen molar-refractivity contribution in [1.29, 1.82) is 0 Å². The fourth-order valence-electron chi connectivity index (χ4n) is 3.20. The highest BCUT2D eigenvalue weighted by Gasteiger charge is 2.18. The van der Waals surface area contributed by atoms with Crippen molar-refractivity contribution in [2.75, 3.05) is 5.32 Å². The number of amides is 1. The van der Waals surface area contributed by atoms with Crippen LogP contribution >= 0.6 is 0 Å². The van der Waals surface area contributed by atoms with E-state index in [-0.39, 0.29) is 11.3 Å². The van der Waals surface area contributed by atoms with Crippen molar-refractivity contribution >= 4 is 22.6 Å². The van der Waals surface area contributed by atoms with E-state index in [4.69, 9.17) is 0 Å². The lowest BCUT2D eigenvalue weighted by Gasteiger charge is -2.13. The molecule has 1 amide bonds. The average Bonchev–Trinajstić information content (AvgIpc) is 2.55. The van der Waals surface area contributed by atoms with Gasteiger partial charge in [0.15, 0.2) is 5.69 Å². The average molecular weight is 349 g/mol. The molecule has 0 spiro atoms. The number of fused-ring (bicyclic) bond motifs is 1. The van der Waals surface area contributed by atoms with Gasteiger partial charge in [-0.15, -0.1) is 0 Å². The van der Waals surface area contributed by atoms with Gasteiger partial charge in [-0.1, -0.05) is 6.07 Å². The molecule has 0 bridgehead atoms. The molecule has 0 radical (unpaired) electrons. The van der Waals surface area contributed by atoms with E-state index < -0.39 is 5.91 Å². The van der Waals surface area contributed by atoms with Crippen molar-refractivity contribution in [2.24, 2.45) is 0 Å². The molecule has 1 aromatic heterocycles. The first-order valence-electron chi connectivity index (χ1n) is 8.71. The van der Waals surface area contributed by atoms with E-state index in [2.05, 4.69) is 10.3 Å². The minimum atomic E-state index is -0.484. The van der Waals surface area contributed by atoms with Gasteiger partial charge in [0.25, 0.3) is 11.5 Å². The standard InChI is InChI=1S/C21H23N3O2/c1-6-24-18-11-15(5)14(4)10-17(18)23-19(21(24)26)20(25)22-16-8-12(2)7-13(3)9-16/h7-11H,6H2,1-5H3,(H,22,25). The number of aryl methyl sites for hydroxylation is 5. The Bertz CT molecular complexity index is 1060. The van der Waals surface area contributed by atoms with Gasteiger partial charge in [0.1, 0.15) is 0 Å². The number of nitrogens with one attached hydrogen (secondary N) is 1. The molecule has 0 aliphatic heterocycles. The zero-order valence-corrected chi connectivity index (χ0v) is 15.8. The van der Waals surface area contributed by atoms with Gasteiger partial charge in [-0.05, 0) is 81.1 Å². The quantitative estimate of drug-likeness (QED) is 0.780. The lowest BCUT2D eigenvalue weighted by Crippen LogP contribution is -2.31. The number of hydrogen-bond donors (Lipinski definition) is 1. The van der Waals surface area contributed by atoms with Crippen molar-refractivity contribution in [3.63, 3.8) is 0 Å². The molecule has 5 nitrogen and oxygen atoms in total. The molecule has 0 atom stereocenters. The van der Waals surface area contributed by atoms with Crippen LogP contribution < -0.4 is 10.9 Å². The molecule has 3 rings (SSSR count). The molecule has 3 aromatic rings. The highest BCUT2D eigenvalue weighted by molar-refractivity contribution is 6.03. The molecule has 0 unspecified atom stereocenters. The largest absolute Gasteiger partial charge is 0.320 e. The summed E-state index contributed by atoms with van der Waals surface area (Å²) < 4.78 is 1.60. The minimum Gasteiger partial charge on any atom is -0.320 e. The van der Waals surface area contributed by atoms with E-state index in [0.717, 1.165) is 27.8 Å². The number of carbonyl (C=O) groups is 1. The fraction of sp³-hybridized carbons (Fsp3) is 0.286. The molecule has 1 N–H and O–H groups in total. The van der Waals surface area contributed by atoms with E-state index in [1.165, 1.54) is 0 Å². The number of anilines is 1. The second-order valence-electron chi connectivity index (χ2n) is 6.77. The maximum absolute atomic E-state index is 12.8. The lowest BCUT2D eigenvalue weighted by atomic mass is 10.1. The summed E-state index contributed by atoms with van der Waals surface area (Å²) in [5, 5.41) is 2.81. The Morgan fingerprint density at radius 2 is 1.62 bits per heavy atom. The lowest BCUT2D eigenvalue weighted by molar-refractivity contribution is 0.102. The SMILES string of the molecule is CCn1c(=O)c(C(=O)Nc2cc(C)cc(C)c2)nc2cc(C)c(C)cc21. The summed E-state index contributed by atoms with van der Waals surface area (Å²) >= 11 is 0. The van der Waals surface area contributed by atoms with Crippen molar-refractivity contribution in [2.45, 2.75) is 41.2 Å². The Kier molecular flexibility index (Phi) is 4.64. The number of nitrogens with zero attached hydrogens (tertiary/aromatic N) is 2. The number of rotatable bonds is 3. The number of hydrogen-bond acceptors (Lipinski definition) is 3. The van der Waals surface area contributed by atoms with Gasteiger partial charge in [-0.2, -0.15) is 0 Å². The Morgan fingerprint density at radius 1 is 1.00 bits per heavy atom. The summed E-state index contributed by atoms with van der Waals surface area (Å²) in [6, 6.07) is 9.65. The predicted molar refractivity (Wildman–Crippen MR) is 105 cm³/mol. The third-order valence-electron chi connectivity index (χ3n) is 4.57. The Morgan fingerprint density at radius 3 is 2.23 bits per heavy atom. The summed E-state index contributed by atoms with van der Waals surface area (Å²) in [6.07, 6.45) is 0. The zero-order chi connectivity index (χ0) is 19.0. The molecule has 2 aromatic carbocycles. The summed E-state index contributed by atoms with van der Waals surface area (Å²) in [7, 11) is 0. The van der Waals surface area contributed by atoms with Gasteiger partial charge in [-0.25, -0.2) is 4.98 Å². The van der Waals surface area contributed by atoms with Crippen LogP contribution in [0.5, 0.6) is 0 Å². The Hall–Kier alpha value is -2.95. The molecule has 0 aliphatic carbocycles. The molecule has 0 fully saturated rings. The van der Waals surface area contributed by atoms with Crippen LogP contribution in [0.2, 0.25) is 0 Å². The summed E-state index contributed by atoms with van der Waals surface area (Å²) in [5.74, 6) is -0.484. The minimum absolute atomic E-state index is 0.0817.